The molecule has 1 amide bonds. The van der Waals surface area contributed by atoms with Crippen molar-refractivity contribution in [1.29, 1.82) is 0 Å². The molecule has 2 N–H and O–H groups in total. The van der Waals surface area contributed by atoms with Gasteiger partial charge in [0.15, 0.2) is 5.78 Å². The monoisotopic (exact) mass is 381 g/mol. The molecule has 136 valence electrons. The first-order chi connectivity index (χ1) is 13.0. The number of fused-ring (bicyclic) bond motifs is 1. The Hall–Kier alpha value is -3.12. The maximum absolute atomic E-state index is 13.1. The van der Waals surface area contributed by atoms with Gasteiger partial charge in [-0.3, -0.25) is 9.59 Å². The number of para-hydroxylation sites is 1. The number of nitrogens with one attached hydrogen (secondary N) is 1. The molecule has 2 heterocycles. The van der Waals surface area contributed by atoms with Gasteiger partial charge in [-0.1, -0.05) is 23.7 Å². The highest BCUT2D eigenvalue weighted by Crippen LogP contribution is 2.39. The van der Waals surface area contributed by atoms with Crippen LogP contribution in [-0.2, 0) is 4.79 Å². The molecular formula is C20H16ClN3O3. The molecule has 0 bridgehead atoms. The number of nitrogens with zero attached hydrogens (tertiary/aromatic N) is 2. The summed E-state index contributed by atoms with van der Waals surface area (Å²) >= 11 is 6.29. The molecule has 7 heteroatoms. The lowest BCUT2D eigenvalue weighted by Crippen LogP contribution is -2.28. The van der Waals surface area contributed by atoms with Crippen LogP contribution in [0.15, 0.2) is 48.5 Å². The number of rotatable bonds is 3. The molecule has 0 spiro atoms. The highest BCUT2D eigenvalue weighted by Gasteiger charge is 2.36. The molecule has 0 saturated carbocycles. The molecule has 3 aromatic rings. The van der Waals surface area contributed by atoms with E-state index in [1.807, 2.05) is 12.1 Å². The summed E-state index contributed by atoms with van der Waals surface area (Å²) in [5.41, 5.74) is 2.40. The van der Waals surface area contributed by atoms with Crippen LogP contribution in [-0.4, -0.2) is 26.6 Å². The second-order valence-corrected chi connectivity index (χ2v) is 6.83. The highest BCUT2D eigenvalue weighted by atomic mass is 35.5. The molecule has 0 radical (unpaired) electrons. The van der Waals surface area contributed by atoms with E-state index < -0.39 is 5.92 Å². The number of hydrogen-bond acceptors (Lipinski definition) is 4. The fourth-order valence-electron chi connectivity index (χ4n) is 3.40. The Kier molecular flexibility index (Phi) is 4.20. The molecule has 4 rings (SSSR count). The number of phenolic OH excluding ortho intramolecular Hbond substituents is 1. The lowest BCUT2D eigenvalue weighted by Gasteiger charge is -2.23. The maximum Gasteiger partial charge on any atom is 0.226 e. The van der Waals surface area contributed by atoms with Crippen molar-refractivity contribution in [2.24, 2.45) is 0 Å². The number of carbonyl (C=O) groups is 2. The fourth-order valence-corrected chi connectivity index (χ4v) is 3.61. The summed E-state index contributed by atoms with van der Waals surface area (Å²) < 4.78 is 1.57. The van der Waals surface area contributed by atoms with Crippen LogP contribution < -0.4 is 5.32 Å². The minimum Gasteiger partial charge on any atom is -0.508 e. The summed E-state index contributed by atoms with van der Waals surface area (Å²) in [5.74, 6) is -0.541. The summed E-state index contributed by atoms with van der Waals surface area (Å²) in [5, 5.41) is 17.3. The van der Waals surface area contributed by atoms with Crippen LogP contribution in [0, 0.1) is 6.92 Å². The van der Waals surface area contributed by atoms with Crippen LogP contribution in [0.2, 0.25) is 5.02 Å². The van der Waals surface area contributed by atoms with Gasteiger partial charge in [-0.25, -0.2) is 4.68 Å². The number of halogens is 1. The predicted molar refractivity (Wildman–Crippen MR) is 102 cm³/mol. The van der Waals surface area contributed by atoms with E-state index in [-0.39, 0.29) is 23.9 Å². The predicted octanol–water partition coefficient (Wildman–Crippen LogP) is 3.85. The molecular weight excluding hydrogens is 366 g/mol. The van der Waals surface area contributed by atoms with Crippen LogP contribution in [0.25, 0.3) is 5.69 Å². The number of carbonyl (C=O) groups excluding carboxylic acids is 2. The zero-order valence-electron chi connectivity index (χ0n) is 14.4. The van der Waals surface area contributed by atoms with Gasteiger partial charge in [0.2, 0.25) is 5.91 Å². The van der Waals surface area contributed by atoms with Gasteiger partial charge in [0.25, 0.3) is 0 Å². The van der Waals surface area contributed by atoms with Gasteiger partial charge >= 0.3 is 0 Å². The summed E-state index contributed by atoms with van der Waals surface area (Å²) in [6, 6.07) is 13.2. The molecule has 0 fully saturated rings. The van der Waals surface area contributed by atoms with Crippen molar-refractivity contribution in [2.45, 2.75) is 19.3 Å². The summed E-state index contributed by atoms with van der Waals surface area (Å²) in [4.78, 5) is 25.4. The third-order valence-electron chi connectivity index (χ3n) is 4.65. The molecule has 1 atom stereocenters. The molecule has 2 aromatic carbocycles. The second-order valence-electron chi connectivity index (χ2n) is 6.43. The Morgan fingerprint density at radius 1 is 1.22 bits per heavy atom. The number of hydrogen-bond donors (Lipinski definition) is 2. The highest BCUT2D eigenvalue weighted by molar-refractivity contribution is 6.32. The maximum atomic E-state index is 13.1. The first-order valence-corrected chi connectivity index (χ1v) is 8.81. The van der Waals surface area contributed by atoms with E-state index in [0.717, 1.165) is 0 Å². The van der Waals surface area contributed by atoms with Gasteiger partial charge in [-0.15, -0.1) is 0 Å². The second kappa shape index (κ2) is 6.55. The molecule has 1 unspecified atom stereocenters. The van der Waals surface area contributed by atoms with Gasteiger partial charge in [-0.2, -0.15) is 5.10 Å². The molecule has 0 aliphatic carbocycles. The Bertz CT molecular complexity index is 1060. The third kappa shape index (κ3) is 2.98. The third-order valence-corrected chi connectivity index (χ3v) is 4.97. The number of aromatic hydroxyl groups is 1. The van der Waals surface area contributed by atoms with Crippen LogP contribution in [0.4, 0.5) is 5.82 Å². The normalized spacial score (nSPS) is 15.9. The Balaban J connectivity index is 1.83. The SMILES string of the molecule is Cc1nn(-c2ccccc2Cl)c2c1C(C(=O)c1ccc(O)cc1)CC(=O)N2. The van der Waals surface area contributed by atoms with Gasteiger partial charge in [0.1, 0.15) is 11.6 Å². The van der Waals surface area contributed by atoms with E-state index >= 15 is 0 Å². The molecule has 27 heavy (non-hydrogen) atoms. The Labute approximate surface area is 160 Å². The van der Waals surface area contributed by atoms with Crippen molar-refractivity contribution < 1.29 is 14.7 Å². The van der Waals surface area contributed by atoms with Crippen LogP contribution in [0.3, 0.4) is 0 Å². The average Bonchev–Trinajstić information content (AvgIpc) is 2.98. The molecule has 0 saturated heterocycles. The minimum absolute atomic E-state index is 0.0434. The van der Waals surface area contributed by atoms with E-state index in [2.05, 4.69) is 10.4 Å². The average molecular weight is 382 g/mol. The number of aromatic nitrogens is 2. The quantitative estimate of drug-likeness (QED) is 0.675. The van der Waals surface area contributed by atoms with E-state index in [1.165, 1.54) is 12.1 Å². The fraction of sp³-hybridized carbons (Fsp3) is 0.150. The number of ketones is 1. The molecule has 1 aliphatic rings. The van der Waals surface area contributed by atoms with Crippen LogP contribution in [0.1, 0.15) is 34.0 Å². The minimum atomic E-state index is -0.644. The van der Waals surface area contributed by atoms with Gasteiger partial charge in [-0.05, 0) is 43.3 Å². The number of phenols is 1. The van der Waals surface area contributed by atoms with Crippen LogP contribution in [0.5, 0.6) is 5.75 Å². The van der Waals surface area contributed by atoms with Gasteiger partial charge in [0.05, 0.1) is 22.3 Å². The standard InChI is InChI=1S/C20H16ClN3O3/c1-11-18-14(19(27)12-6-8-13(25)9-7-12)10-17(26)22-20(18)24(23-11)16-5-3-2-4-15(16)21/h2-9,14,25H,10H2,1H3,(H,22,26). The number of anilines is 1. The van der Waals surface area contributed by atoms with E-state index in [4.69, 9.17) is 11.6 Å². The van der Waals surface area contributed by atoms with Crippen molar-refractivity contribution in [1.82, 2.24) is 9.78 Å². The van der Waals surface area contributed by atoms with Crippen molar-refractivity contribution in [3.05, 3.63) is 70.4 Å². The van der Waals surface area contributed by atoms with E-state index in [9.17, 15) is 14.7 Å². The number of aryl methyl sites for hydroxylation is 1. The smallest absolute Gasteiger partial charge is 0.226 e. The lowest BCUT2D eigenvalue weighted by molar-refractivity contribution is -0.116. The molecule has 1 aromatic heterocycles. The Morgan fingerprint density at radius 3 is 2.63 bits per heavy atom. The van der Waals surface area contributed by atoms with Gasteiger partial charge in [0, 0.05) is 17.5 Å². The van der Waals surface area contributed by atoms with Crippen molar-refractivity contribution in [3.63, 3.8) is 0 Å². The molecule has 6 nitrogen and oxygen atoms in total. The van der Waals surface area contributed by atoms with E-state index in [1.54, 1.807) is 35.9 Å². The summed E-state index contributed by atoms with van der Waals surface area (Å²) in [6.07, 6.45) is 0.0434. The summed E-state index contributed by atoms with van der Waals surface area (Å²) in [7, 11) is 0. The number of benzene rings is 2. The largest absolute Gasteiger partial charge is 0.508 e. The first kappa shape index (κ1) is 17.3. The lowest BCUT2D eigenvalue weighted by atomic mass is 9.85. The zero-order chi connectivity index (χ0) is 19.1. The van der Waals surface area contributed by atoms with Crippen LogP contribution >= 0.6 is 11.6 Å². The van der Waals surface area contributed by atoms with Gasteiger partial charge < -0.3 is 10.4 Å². The first-order valence-electron chi connectivity index (χ1n) is 8.43. The summed E-state index contributed by atoms with van der Waals surface area (Å²) in [6.45, 7) is 1.81. The Morgan fingerprint density at radius 2 is 1.93 bits per heavy atom. The molecule has 1 aliphatic heterocycles. The van der Waals surface area contributed by atoms with Crippen molar-refractivity contribution in [2.75, 3.05) is 5.32 Å². The van der Waals surface area contributed by atoms with Crippen molar-refractivity contribution >= 4 is 29.1 Å². The van der Waals surface area contributed by atoms with Crippen molar-refractivity contribution in [3.8, 4) is 11.4 Å². The number of Topliss-reactive ketones (excluding diaryl/α,β-unsaturated/α-hetero) is 1. The number of amides is 1. The topological polar surface area (TPSA) is 84.2 Å². The zero-order valence-corrected chi connectivity index (χ0v) is 15.2. The van der Waals surface area contributed by atoms with E-state index in [0.29, 0.717) is 33.3 Å².